The molecule has 0 saturated carbocycles. The quantitative estimate of drug-likeness (QED) is 0.837. The largest absolute Gasteiger partial charge is 0.492 e. The van der Waals surface area contributed by atoms with Crippen molar-refractivity contribution in [2.75, 3.05) is 11.9 Å². The van der Waals surface area contributed by atoms with Crippen molar-refractivity contribution in [2.45, 2.75) is 20.4 Å². The molecule has 106 valence electrons. The van der Waals surface area contributed by atoms with Gasteiger partial charge in [-0.1, -0.05) is 22.0 Å². The van der Waals surface area contributed by atoms with Gasteiger partial charge in [-0.05, 0) is 55.3 Å². The van der Waals surface area contributed by atoms with Crippen LogP contribution in [0.3, 0.4) is 0 Å². The van der Waals surface area contributed by atoms with E-state index in [0.29, 0.717) is 13.2 Å². The average Bonchev–Trinajstić information content (AvgIpc) is 2.42. The standard InChI is InChI=1S/C16H17BrFNO/c1-3-20-16-8-11(2)4-7-15(16)19-10-12-9-13(18)5-6-14(12)17/h4-9,19H,3,10H2,1-2H3. The van der Waals surface area contributed by atoms with Gasteiger partial charge in [0.2, 0.25) is 0 Å². The molecule has 4 heteroatoms. The Hall–Kier alpha value is -1.55. The number of rotatable bonds is 5. The molecule has 0 aliphatic heterocycles. The van der Waals surface area contributed by atoms with Gasteiger partial charge in [-0.2, -0.15) is 0 Å². The SMILES string of the molecule is CCOc1cc(C)ccc1NCc1cc(F)ccc1Br. The van der Waals surface area contributed by atoms with E-state index in [0.717, 1.165) is 27.0 Å². The Labute approximate surface area is 127 Å². The van der Waals surface area contributed by atoms with Crippen LogP contribution in [0.4, 0.5) is 10.1 Å². The predicted octanol–water partition coefficient (Wildman–Crippen LogP) is 4.91. The monoisotopic (exact) mass is 337 g/mol. The summed E-state index contributed by atoms with van der Waals surface area (Å²) in [6.07, 6.45) is 0. The molecule has 0 fully saturated rings. The van der Waals surface area contributed by atoms with Crippen LogP contribution in [0.1, 0.15) is 18.1 Å². The van der Waals surface area contributed by atoms with E-state index < -0.39 is 0 Å². The molecule has 2 rings (SSSR count). The van der Waals surface area contributed by atoms with E-state index >= 15 is 0 Å². The van der Waals surface area contributed by atoms with E-state index in [2.05, 4.69) is 21.2 Å². The van der Waals surface area contributed by atoms with Crippen LogP contribution >= 0.6 is 15.9 Å². The lowest BCUT2D eigenvalue weighted by atomic mass is 10.2. The number of nitrogens with one attached hydrogen (secondary N) is 1. The second-order valence-electron chi connectivity index (χ2n) is 4.52. The van der Waals surface area contributed by atoms with Crippen LogP contribution in [-0.2, 0) is 6.54 Å². The van der Waals surface area contributed by atoms with Gasteiger partial charge >= 0.3 is 0 Å². The molecule has 0 amide bonds. The fourth-order valence-corrected chi connectivity index (χ4v) is 2.31. The summed E-state index contributed by atoms with van der Waals surface area (Å²) in [5.74, 6) is 0.582. The molecular formula is C16H17BrFNO. The summed E-state index contributed by atoms with van der Waals surface area (Å²) in [5, 5.41) is 3.29. The van der Waals surface area contributed by atoms with Gasteiger partial charge in [0.25, 0.3) is 0 Å². The highest BCUT2D eigenvalue weighted by Gasteiger charge is 2.06. The first-order chi connectivity index (χ1) is 9.60. The summed E-state index contributed by atoms with van der Waals surface area (Å²) in [4.78, 5) is 0. The minimum absolute atomic E-state index is 0.237. The van der Waals surface area contributed by atoms with Crippen molar-refractivity contribution in [3.8, 4) is 5.75 Å². The topological polar surface area (TPSA) is 21.3 Å². The predicted molar refractivity (Wildman–Crippen MR) is 83.8 cm³/mol. The summed E-state index contributed by atoms with van der Waals surface area (Å²) in [6.45, 7) is 5.12. The molecular weight excluding hydrogens is 321 g/mol. The highest BCUT2D eigenvalue weighted by molar-refractivity contribution is 9.10. The molecule has 0 bridgehead atoms. The maximum atomic E-state index is 13.3. The van der Waals surface area contributed by atoms with Gasteiger partial charge in [0.05, 0.1) is 12.3 Å². The molecule has 0 saturated heterocycles. The molecule has 20 heavy (non-hydrogen) atoms. The Morgan fingerprint density at radius 2 is 2.00 bits per heavy atom. The summed E-state index contributed by atoms with van der Waals surface area (Å²) in [7, 11) is 0. The van der Waals surface area contributed by atoms with E-state index in [9.17, 15) is 4.39 Å². The third-order valence-electron chi connectivity index (χ3n) is 2.91. The highest BCUT2D eigenvalue weighted by atomic mass is 79.9. The molecule has 2 aromatic carbocycles. The van der Waals surface area contributed by atoms with Gasteiger partial charge in [-0.15, -0.1) is 0 Å². The molecule has 0 aromatic heterocycles. The second kappa shape index (κ2) is 6.75. The van der Waals surface area contributed by atoms with Crippen LogP contribution in [0.5, 0.6) is 5.75 Å². The van der Waals surface area contributed by atoms with Gasteiger partial charge in [0.1, 0.15) is 11.6 Å². The van der Waals surface area contributed by atoms with Gasteiger partial charge in [0.15, 0.2) is 0 Å². The molecule has 0 spiro atoms. The van der Waals surface area contributed by atoms with Crippen LogP contribution < -0.4 is 10.1 Å². The minimum Gasteiger partial charge on any atom is -0.492 e. The number of anilines is 1. The Balaban J connectivity index is 2.16. The zero-order chi connectivity index (χ0) is 14.5. The smallest absolute Gasteiger partial charge is 0.142 e. The lowest BCUT2D eigenvalue weighted by Gasteiger charge is -2.14. The van der Waals surface area contributed by atoms with E-state index in [1.165, 1.54) is 12.1 Å². The van der Waals surface area contributed by atoms with Crippen LogP contribution in [0.25, 0.3) is 0 Å². The molecule has 2 aromatic rings. The zero-order valence-corrected chi connectivity index (χ0v) is 13.1. The Morgan fingerprint density at radius 1 is 1.20 bits per heavy atom. The van der Waals surface area contributed by atoms with E-state index in [1.807, 2.05) is 32.0 Å². The molecule has 0 aliphatic carbocycles. The first kappa shape index (κ1) is 14.9. The number of halogens is 2. The van der Waals surface area contributed by atoms with E-state index in [-0.39, 0.29) is 5.82 Å². The maximum absolute atomic E-state index is 13.3. The molecule has 0 unspecified atom stereocenters. The Kier molecular flexibility index (Phi) is 5.01. The lowest BCUT2D eigenvalue weighted by Crippen LogP contribution is -2.04. The van der Waals surface area contributed by atoms with Crippen molar-refractivity contribution in [1.29, 1.82) is 0 Å². The third kappa shape index (κ3) is 3.73. The van der Waals surface area contributed by atoms with Crippen molar-refractivity contribution in [2.24, 2.45) is 0 Å². The van der Waals surface area contributed by atoms with E-state index in [1.54, 1.807) is 6.07 Å². The normalized spacial score (nSPS) is 10.4. The first-order valence-corrected chi connectivity index (χ1v) is 7.30. The van der Waals surface area contributed by atoms with Crippen LogP contribution in [0.2, 0.25) is 0 Å². The summed E-state index contributed by atoms with van der Waals surface area (Å²) < 4.78 is 19.8. The van der Waals surface area contributed by atoms with Gasteiger partial charge < -0.3 is 10.1 Å². The van der Waals surface area contributed by atoms with Crippen LogP contribution in [-0.4, -0.2) is 6.61 Å². The number of hydrogen-bond acceptors (Lipinski definition) is 2. The van der Waals surface area contributed by atoms with Gasteiger partial charge in [-0.25, -0.2) is 4.39 Å². The maximum Gasteiger partial charge on any atom is 0.142 e. The highest BCUT2D eigenvalue weighted by Crippen LogP contribution is 2.27. The zero-order valence-electron chi connectivity index (χ0n) is 11.5. The molecule has 1 N–H and O–H groups in total. The Morgan fingerprint density at radius 3 is 2.75 bits per heavy atom. The first-order valence-electron chi connectivity index (χ1n) is 6.51. The van der Waals surface area contributed by atoms with E-state index in [4.69, 9.17) is 4.74 Å². The van der Waals surface area contributed by atoms with Crippen molar-refractivity contribution in [1.82, 2.24) is 0 Å². The van der Waals surface area contributed by atoms with Crippen LogP contribution in [0, 0.1) is 12.7 Å². The number of benzene rings is 2. The summed E-state index contributed by atoms with van der Waals surface area (Å²) >= 11 is 3.43. The second-order valence-corrected chi connectivity index (χ2v) is 5.38. The van der Waals surface area contributed by atoms with Gasteiger partial charge in [-0.3, -0.25) is 0 Å². The summed E-state index contributed by atoms with van der Waals surface area (Å²) in [6, 6.07) is 10.7. The molecule has 0 heterocycles. The Bertz CT molecular complexity index is 601. The number of hydrogen-bond donors (Lipinski definition) is 1. The van der Waals surface area contributed by atoms with Crippen molar-refractivity contribution < 1.29 is 9.13 Å². The third-order valence-corrected chi connectivity index (χ3v) is 3.69. The van der Waals surface area contributed by atoms with Crippen molar-refractivity contribution >= 4 is 21.6 Å². The van der Waals surface area contributed by atoms with Crippen molar-refractivity contribution in [3.63, 3.8) is 0 Å². The molecule has 0 aliphatic rings. The fraction of sp³-hybridized carbons (Fsp3) is 0.250. The molecule has 0 radical (unpaired) electrons. The molecule has 2 nitrogen and oxygen atoms in total. The molecule has 0 atom stereocenters. The number of aryl methyl sites for hydroxylation is 1. The minimum atomic E-state index is -0.237. The lowest BCUT2D eigenvalue weighted by molar-refractivity contribution is 0.341. The number of ether oxygens (including phenoxy) is 1. The summed E-state index contributed by atoms with van der Waals surface area (Å²) in [5.41, 5.74) is 2.92. The van der Waals surface area contributed by atoms with Crippen LogP contribution in [0.15, 0.2) is 40.9 Å². The fourth-order valence-electron chi connectivity index (χ4n) is 1.92. The van der Waals surface area contributed by atoms with Crippen molar-refractivity contribution in [3.05, 3.63) is 57.8 Å². The average molecular weight is 338 g/mol. The van der Waals surface area contributed by atoms with Gasteiger partial charge in [0, 0.05) is 11.0 Å².